The minimum absolute atomic E-state index is 0.234. The Morgan fingerprint density at radius 1 is 0.892 bits per heavy atom. The minimum atomic E-state index is -3.60. The molecule has 190 valence electrons. The lowest BCUT2D eigenvalue weighted by Crippen LogP contribution is -2.49. The quantitative estimate of drug-likeness (QED) is 0.309. The number of halogens is 1. The monoisotopic (exact) mass is 550 g/mol. The molecule has 4 aromatic rings. The first kappa shape index (κ1) is 24.6. The highest BCUT2D eigenvalue weighted by atomic mass is 35.5. The largest absolute Gasteiger partial charge is 0.353 e. The molecule has 0 unspecified atom stereocenters. The number of hydrogen-bond donors (Lipinski definition) is 0. The van der Waals surface area contributed by atoms with Gasteiger partial charge in [0.2, 0.25) is 10.0 Å². The Morgan fingerprint density at radius 2 is 1.68 bits per heavy atom. The standard InChI is InChI=1S/C28H27ClN4O2S2/c29-21-9-6-10-22(19-21)37(34,35)33-17-15-32(16-18-33)27-26-23-11-4-5-12-24(23)36-28(26)31-25(30-27)14-13-20-7-2-1-3-8-20/h1-3,6-10,13-14,19H,4-5,11-12,15-18H2. The van der Waals surface area contributed by atoms with Gasteiger partial charge in [-0.15, -0.1) is 11.3 Å². The van der Waals surface area contributed by atoms with E-state index in [9.17, 15) is 8.42 Å². The van der Waals surface area contributed by atoms with Gasteiger partial charge in [0.15, 0.2) is 5.82 Å². The maximum atomic E-state index is 13.2. The number of piperazine rings is 1. The highest BCUT2D eigenvalue weighted by molar-refractivity contribution is 7.89. The Kier molecular flexibility index (Phi) is 6.75. The lowest BCUT2D eigenvalue weighted by atomic mass is 9.97. The van der Waals surface area contributed by atoms with Crippen LogP contribution in [-0.4, -0.2) is 48.9 Å². The highest BCUT2D eigenvalue weighted by Gasteiger charge is 2.31. The summed E-state index contributed by atoms with van der Waals surface area (Å²) in [5.41, 5.74) is 2.48. The predicted molar refractivity (Wildman–Crippen MR) is 152 cm³/mol. The number of nitrogens with zero attached hydrogens (tertiary/aromatic N) is 4. The van der Waals surface area contributed by atoms with E-state index < -0.39 is 10.0 Å². The van der Waals surface area contributed by atoms with Crippen molar-refractivity contribution in [2.45, 2.75) is 30.6 Å². The summed E-state index contributed by atoms with van der Waals surface area (Å²) in [6.07, 6.45) is 8.54. The summed E-state index contributed by atoms with van der Waals surface area (Å²) in [5, 5.41) is 1.57. The average Bonchev–Trinajstić information content (AvgIpc) is 3.31. The smallest absolute Gasteiger partial charge is 0.243 e. The van der Waals surface area contributed by atoms with Crippen LogP contribution in [0.1, 0.15) is 34.7 Å². The first-order valence-electron chi connectivity index (χ1n) is 12.6. The van der Waals surface area contributed by atoms with Gasteiger partial charge in [0.05, 0.1) is 10.3 Å². The Hall–Kier alpha value is -2.78. The molecule has 2 aromatic heterocycles. The SMILES string of the molecule is O=S(=O)(c1cccc(Cl)c1)N1CCN(c2nc(C=Cc3ccccc3)nc3sc4c(c23)CCCC4)CC1. The first-order valence-corrected chi connectivity index (χ1v) is 15.2. The summed E-state index contributed by atoms with van der Waals surface area (Å²) in [6, 6.07) is 16.6. The molecule has 2 aliphatic rings. The maximum absolute atomic E-state index is 13.2. The number of fused-ring (bicyclic) bond motifs is 3. The van der Waals surface area contributed by atoms with E-state index in [0.717, 1.165) is 34.4 Å². The average molecular weight is 551 g/mol. The molecule has 6 rings (SSSR count). The number of rotatable bonds is 5. The summed E-state index contributed by atoms with van der Waals surface area (Å²) in [6.45, 7) is 1.92. The van der Waals surface area contributed by atoms with Gasteiger partial charge in [0, 0.05) is 36.1 Å². The zero-order valence-corrected chi connectivity index (χ0v) is 22.7. The summed E-state index contributed by atoms with van der Waals surface area (Å²) in [4.78, 5) is 14.9. The molecule has 3 heterocycles. The van der Waals surface area contributed by atoms with Gasteiger partial charge in [-0.1, -0.05) is 54.1 Å². The molecule has 0 saturated carbocycles. The number of benzene rings is 2. The van der Waals surface area contributed by atoms with E-state index in [1.807, 2.05) is 30.4 Å². The van der Waals surface area contributed by atoms with E-state index in [4.69, 9.17) is 21.6 Å². The van der Waals surface area contributed by atoms with Crippen molar-refractivity contribution in [3.63, 3.8) is 0 Å². The van der Waals surface area contributed by atoms with Crippen molar-refractivity contribution < 1.29 is 8.42 Å². The minimum Gasteiger partial charge on any atom is -0.353 e. The Balaban J connectivity index is 1.32. The van der Waals surface area contributed by atoms with Crippen molar-refractivity contribution in [2.24, 2.45) is 0 Å². The van der Waals surface area contributed by atoms with E-state index >= 15 is 0 Å². The van der Waals surface area contributed by atoms with E-state index in [-0.39, 0.29) is 4.90 Å². The lowest BCUT2D eigenvalue weighted by Gasteiger charge is -2.35. The van der Waals surface area contributed by atoms with E-state index in [0.29, 0.717) is 37.0 Å². The number of aromatic nitrogens is 2. The second kappa shape index (κ2) is 10.2. The molecule has 0 bridgehead atoms. The molecule has 1 fully saturated rings. The van der Waals surface area contributed by atoms with E-state index in [1.165, 1.54) is 29.3 Å². The molecule has 0 amide bonds. The topological polar surface area (TPSA) is 66.4 Å². The number of anilines is 1. The third-order valence-electron chi connectivity index (χ3n) is 7.01. The predicted octanol–water partition coefficient (Wildman–Crippen LogP) is 5.90. The van der Waals surface area contributed by atoms with Crippen LogP contribution in [0.15, 0.2) is 59.5 Å². The van der Waals surface area contributed by atoms with Crippen LogP contribution in [0.25, 0.3) is 22.4 Å². The van der Waals surface area contributed by atoms with Crippen LogP contribution in [0.4, 0.5) is 5.82 Å². The van der Waals surface area contributed by atoms with Crippen LogP contribution in [0.2, 0.25) is 5.02 Å². The van der Waals surface area contributed by atoms with Gasteiger partial charge in [-0.05, 0) is 61.1 Å². The fraction of sp³-hybridized carbons (Fsp3) is 0.286. The Labute approximate surface area is 226 Å². The Bertz CT molecular complexity index is 1580. The third kappa shape index (κ3) is 4.91. The van der Waals surface area contributed by atoms with Gasteiger partial charge in [-0.2, -0.15) is 4.31 Å². The molecule has 0 spiro atoms. The first-order chi connectivity index (χ1) is 18.0. The van der Waals surface area contributed by atoms with Gasteiger partial charge >= 0.3 is 0 Å². The fourth-order valence-corrected chi connectivity index (χ4v) is 8.10. The van der Waals surface area contributed by atoms with Crippen molar-refractivity contribution >= 4 is 61.1 Å². The number of hydrogen-bond acceptors (Lipinski definition) is 6. The van der Waals surface area contributed by atoms with Crippen LogP contribution in [-0.2, 0) is 22.9 Å². The van der Waals surface area contributed by atoms with Crippen molar-refractivity contribution in [3.05, 3.63) is 81.4 Å². The molecule has 0 atom stereocenters. The van der Waals surface area contributed by atoms with Crippen molar-refractivity contribution in [1.82, 2.24) is 14.3 Å². The van der Waals surface area contributed by atoms with E-state index in [2.05, 4.69) is 17.0 Å². The van der Waals surface area contributed by atoms with E-state index in [1.54, 1.807) is 33.8 Å². The molecule has 0 N–H and O–H groups in total. The molecule has 0 radical (unpaired) electrons. The molecule has 1 saturated heterocycles. The van der Waals surface area contributed by atoms with Crippen molar-refractivity contribution in [3.8, 4) is 0 Å². The summed E-state index contributed by atoms with van der Waals surface area (Å²) < 4.78 is 28.0. The zero-order chi connectivity index (χ0) is 25.4. The number of sulfonamides is 1. The fourth-order valence-electron chi connectivity index (χ4n) is 5.11. The molecular formula is C28H27ClN4O2S2. The lowest BCUT2D eigenvalue weighted by molar-refractivity contribution is 0.384. The third-order valence-corrected chi connectivity index (χ3v) is 10.3. The van der Waals surface area contributed by atoms with Gasteiger partial charge in [0.1, 0.15) is 10.6 Å². The van der Waals surface area contributed by atoms with Gasteiger partial charge in [-0.25, -0.2) is 18.4 Å². The van der Waals surface area contributed by atoms with Gasteiger partial charge < -0.3 is 4.90 Å². The van der Waals surface area contributed by atoms with Crippen molar-refractivity contribution in [2.75, 3.05) is 31.1 Å². The molecule has 1 aliphatic carbocycles. The maximum Gasteiger partial charge on any atom is 0.243 e. The molecular weight excluding hydrogens is 524 g/mol. The van der Waals surface area contributed by atoms with Crippen LogP contribution in [0.3, 0.4) is 0 Å². The van der Waals surface area contributed by atoms with Crippen LogP contribution < -0.4 is 4.90 Å². The molecule has 1 aliphatic heterocycles. The summed E-state index contributed by atoms with van der Waals surface area (Å²) in [5.74, 6) is 1.61. The second-order valence-corrected chi connectivity index (χ2v) is 12.8. The second-order valence-electron chi connectivity index (χ2n) is 9.39. The summed E-state index contributed by atoms with van der Waals surface area (Å²) in [7, 11) is -3.60. The normalized spacial score (nSPS) is 16.9. The van der Waals surface area contributed by atoms with Crippen LogP contribution in [0.5, 0.6) is 0 Å². The van der Waals surface area contributed by atoms with Crippen LogP contribution in [0, 0.1) is 0 Å². The summed E-state index contributed by atoms with van der Waals surface area (Å²) >= 11 is 7.85. The number of thiophene rings is 1. The molecule has 2 aromatic carbocycles. The molecule has 6 nitrogen and oxygen atoms in total. The van der Waals surface area contributed by atoms with Gasteiger partial charge in [0.25, 0.3) is 0 Å². The van der Waals surface area contributed by atoms with Gasteiger partial charge in [-0.3, -0.25) is 0 Å². The Morgan fingerprint density at radius 3 is 2.46 bits per heavy atom. The van der Waals surface area contributed by atoms with Crippen molar-refractivity contribution in [1.29, 1.82) is 0 Å². The zero-order valence-electron chi connectivity index (χ0n) is 20.3. The molecule has 37 heavy (non-hydrogen) atoms. The highest BCUT2D eigenvalue weighted by Crippen LogP contribution is 2.40. The van der Waals surface area contributed by atoms with Crippen LogP contribution >= 0.6 is 22.9 Å². The molecule has 9 heteroatoms. The number of aryl methyl sites for hydroxylation is 2.